The first kappa shape index (κ1) is 13.2. The Morgan fingerprint density at radius 1 is 1.30 bits per heavy atom. The molecule has 2 aliphatic rings. The number of hydrogen-bond donors (Lipinski definition) is 2. The lowest BCUT2D eigenvalue weighted by atomic mass is 9.81. The van der Waals surface area contributed by atoms with Crippen LogP contribution in [0.3, 0.4) is 0 Å². The van der Waals surface area contributed by atoms with Crippen LogP contribution in [0.15, 0.2) is 18.2 Å². The molecule has 1 fully saturated rings. The Hall–Kier alpha value is -1.75. The third-order valence-corrected chi connectivity index (χ3v) is 4.12. The molecular formula is C15H20N2O3. The van der Waals surface area contributed by atoms with Gasteiger partial charge in [0, 0.05) is 12.1 Å². The normalized spacial score (nSPS) is 19.6. The molecule has 0 spiro atoms. The molecular weight excluding hydrogens is 256 g/mol. The summed E-state index contributed by atoms with van der Waals surface area (Å²) >= 11 is 0. The number of carbonyl (C=O) groups is 1. The number of rotatable bonds is 3. The molecule has 0 unspecified atom stereocenters. The molecule has 0 aromatic heterocycles. The summed E-state index contributed by atoms with van der Waals surface area (Å²) in [5, 5.41) is 6.38. The van der Waals surface area contributed by atoms with Crippen molar-refractivity contribution < 1.29 is 14.3 Å². The molecule has 1 aromatic rings. The average molecular weight is 276 g/mol. The van der Waals surface area contributed by atoms with Gasteiger partial charge in [-0.15, -0.1) is 0 Å². The number of piperidine rings is 1. The zero-order chi connectivity index (χ0) is 14.0. The number of benzene rings is 1. The number of ether oxygens (including phenoxy) is 2. The van der Waals surface area contributed by atoms with Crippen LogP contribution in [0.2, 0.25) is 0 Å². The van der Waals surface area contributed by atoms with Crippen molar-refractivity contribution >= 4 is 5.91 Å². The summed E-state index contributed by atoms with van der Waals surface area (Å²) in [5.74, 6) is 1.29. The second kappa shape index (κ2) is 5.32. The van der Waals surface area contributed by atoms with E-state index < -0.39 is 0 Å². The molecule has 0 aliphatic carbocycles. The molecule has 2 aliphatic heterocycles. The maximum absolute atomic E-state index is 12.2. The van der Waals surface area contributed by atoms with E-state index in [1.807, 2.05) is 0 Å². The number of fused-ring (bicyclic) bond motifs is 1. The molecule has 0 bridgehead atoms. The quantitative estimate of drug-likeness (QED) is 0.879. The van der Waals surface area contributed by atoms with Gasteiger partial charge in [0.05, 0.1) is 0 Å². The average Bonchev–Trinajstić information content (AvgIpc) is 2.93. The summed E-state index contributed by atoms with van der Waals surface area (Å²) < 4.78 is 10.5. The second-order valence-corrected chi connectivity index (χ2v) is 5.81. The summed E-state index contributed by atoms with van der Waals surface area (Å²) in [5.41, 5.74) is 0.809. The molecule has 2 heterocycles. The Labute approximate surface area is 118 Å². The SMILES string of the molecule is CC1(CNC(=O)c2ccc3c(c2)OCO3)CCNCC1. The fraction of sp³-hybridized carbons (Fsp3) is 0.533. The van der Waals surface area contributed by atoms with Crippen molar-refractivity contribution in [3.8, 4) is 11.5 Å². The molecule has 20 heavy (non-hydrogen) atoms. The highest BCUT2D eigenvalue weighted by Gasteiger charge is 2.27. The van der Waals surface area contributed by atoms with E-state index in [-0.39, 0.29) is 18.1 Å². The second-order valence-electron chi connectivity index (χ2n) is 5.81. The maximum atomic E-state index is 12.2. The van der Waals surface area contributed by atoms with Gasteiger partial charge < -0.3 is 20.1 Å². The van der Waals surface area contributed by atoms with Crippen molar-refractivity contribution in [1.29, 1.82) is 0 Å². The fourth-order valence-electron chi connectivity index (χ4n) is 2.64. The smallest absolute Gasteiger partial charge is 0.251 e. The van der Waals surface area contributed by atoms with E-state index in [2.05, 4.69) is 17.6 Å². The molecule has 0 atom stereocenters. The molecule has 1 amide bonds. The van der Waals surface area contributed by atoms with Crippen molar-refractivity contribution in [2.45, 2.75) is 19.8 Å². The summed E-state index contributed by atoms with van der Waals surface area (Å²) in [6.07, 6.45) is 2.18. The Morgan fingerprint density at radius 2 is 2.05 bits per heavy atom. The molecule has 1 saturated heterocycles. The number of amides is 1. The van der Waals surface area contributed by atoms with E-state index in [9.17, 15) is 4.79 Å². The minimum atomic E-state index is -0.0527. The monoisotopic (exact) mass is 276 g/mol. The molecule has 1 aromatic carbocycles. The highest BCUT2D eigenvalue weighted by molar-refractivity contribution is 5.94. The van der Waals surface area contributed by atoms with Gasteiger partial charge in [-0.1, -0.05) is 6.92 Å². The largest absolute Gasteiger partial charge is 0.454 e. The first-order valence-electron chi connectivity index (χ1n) is 7.05. The maximum Gasteiger partial charge on any atom is 0.251 e. The zero-order valence-electron chi connectivity index (χ0n) is 11.7. The lowest BCUT2D eigenvalue weighted by Gasteiger charge is -2.34. The van der Waals surface area contributed by atoms with E-state index >= 15 is 0 Å². The van der Waals surface area contributed by atoms with Crippen molar-refractivity contribution in [3.63, 3.8) is 0 Å². The summed E-state index contributed by atoms with van der Waals surface area (Å²) in [7, 11) is 0. The van der Waals surface area contributed by atoms with Gasteiger partial charge in [-0.2, -0.15) is 0 Å². The topological polar surface area (TPSA) is 59.6 Å². The van der Waals surface area contributed by atoms with Crippen LogP contribution in [0, 0.1) is 5.41 Å². The first-order valence-corrected chi connectivity index (χ1v) is 7.05. The minimum Gasteiger partial charge on any atom is -0.454 e. The van der Waals surface area contributed by atoms with Gasteiger partial charge in [0.2, 0.25) is 6.79 Å². The van der Waals surface area contributed by atoms with Gasteiger partial charge in [0.15, 0.2) is 11.5 Å². The molecule has 5 nitrogen and oxygen atoms in total. The predicted octanol–water partition coefficient (Wildman–Crippen LogP) is 1.53. The van der Waals surface area contributed by atoms with Crippen LogP contribution < -0.4 is 20.1 Å². The van der Waals surface area contributed by atoms with Crippen molar-refractivity contribution in [3.05, 3.63) is 23.8 Å². The van der Waals surface area contributed by atoms with Crippen molar-refractivity contribution in [2.75, 3.05) is 26.4 Å². The lowest BCUT2D eigenvalue weighted by Crippen LogP contribution is -2.42. The number of carbonyl (C=O) groups excluding carboxylic acids is 1. The first-order chi connectivity index (χ1) is 9.66. The zero-order valence-corrected chi connectivity index (χ0v) is 11.7. The molecule has 0 radical (unpaired) electrons. The van der Waals surface area contributed by atoms with Gasteiger partial charge in [-0.25, -0.2) is 0 Å². The van der Waals surface area contributed by atoms with Crippen LogP contribution in [-0.2, 0) is 0 Å². The predicted molar refractivity (Wildman–Crippen MR) is 75.1 cm³/mol. The van der Waals surface area contributed by atoms with Gasteiger partial charge in [-0.05, 0) is 49.5 Å². The fourth-order valence-corrected chi connectivity index (χ4v) is 2.64. The molecule has 108 valence electrons. The number of nitrogens with one attached hydrogen (secondary N) is 2. The summed E-state index contributed by atoms with van der Waals surface area (Å²) in [4.78, 5) is 12.2. The van der Waals surface area contributed by atoms with Crippen molar-refractivity contribution in [1.82, 2.24) is 10.6 Å². The van der Waals surface area contributed by atoms with Crippen LogP contribution in [0.4, 0.5) is 0 Å². The Balaban J connectivity index is 1.61. The molecule has 2 N–H and O–H groups in total. The van der Waals surface area contributed by atoms with E-state index in [1.54, 1.807) is 18.2 Å². The van der Waals surface area contributed by atoms with E-state index in [4.69, 9.17) is 9.47 Å². The standard InChI is InChI=1S/C15H20N2O3/c1-15(4-6-16-7-5-15)9-17-14(18)11-2-3-12-13(8-11)20-10-19-12/h2-3,8,16H,4-7,9-10H2,1H3,(H,17,18). The van der Waals surface area contributed by atoms with E-state index in [0.717, 1.165) is 25.9 Å². The minimum absolute atomic E-state index is 0.0527. The third-order valence-electron chi connectivity index (χ3n) is 4.12. The molecule has 5 heteroatoms. The molecule has 0 saturated carbocycles. The Bertz CT molecular complexity index is 510. The van der Waals surface area contributed by atoms with Crippen LogP contribution in [-0.4, -0.2) is 32.3 Å². The van der Waals surface area contributed by atoms with Crippen molar-refractivity contribution in [2.24, 2.45) is 5.41 Å². The van der Waals surface area contributed by atoms with E-state index in [0.29, 0.717) is 23.6 Å². The molecule has 3 rings (SSSR count). The Kier molecular flexibility index (Phi) is 3.53. The number of hydrogen-bond acceptors (Lipinski definition) is 4. The Morgan fingerprint density at radius 3 is 2.85 bits per heavy atom. The van der Waals surface area contributed by atoms with Gasteiger partial charge >= 0.3 is 0 Å². The third kappa shape index (κ3) is 2.72. The van der Waals surface area contributed by atoms with Crippen LogP contribution in [0.5, 0.6) is 11.5 Å². The van der Waals surface area contributed by atoms with E-state index in [1.165, 1.54) is 0 Å². The summed E-state index contributed by atoms with van der Waals surface area (Å²) in [6.45, 7) is 5.22. The van der Waals surface area contributed by atoms with Gasteiger partial charge in [0.25, 0.3) is 5.91 Å². The van der Waals surface area contributed by atoms with Crippen LogP contribution >= 0.6 is 0 Å². The van der Waals surface area contributed by atoms with Gasteiger partial charge in [0.1, 0.15) is 0 Å². The van der Waals surface area contributed by atoms with Gasteiger partial charge in [-0.3, -0.25) is 4.79 Å². The van der Waals surface area contributed by atoms with Crippen LogP contribution in [0.25, 0.3) is 0 Å². The highest BCUT2D eigenvalue weighted by atomic mass is 16.7. The highest BCUT2D eigenvalue weighted by Crippen LogP contribution is 2.32. The summed E-state index contributed by atoms with van der Waals surface area (Å²) in [6, 6.07) is 5.29. The van der Waals surface area contributed by atoms with Crippen LogP contribution in [0.1, 0.15) is 30.1 Å². The lowest BCUT2D eigenvalue weighted by molar-refractivity contribution is 0.0922.